The zero-order valence-electron chi connectivity index (χ0n) is 42.8. The van der Waals surface area contributed by atoms with Crippen molar-refractivity contribution in [3.05, 3.63) is 251 Å². The summed E-state index contributed by atoms with van der Waals surface area (Å²) < 4.78 is 68.7. The van der Waals surface area contributed by atoms with E-state index in [9.17, 15) is 33.6 Å². The van der Waals surface area contributed by atoms with Crippen LogP contribution in [0.15, 0.2) is 212 Å². The summed E-state index contributed by atoms with van der Waals surface area (Å²) in [5, 5.41) is 0. The molecule has 0 amide bonds. The third-order valence-electron chi connectivity index (χ3n) is 12.8. The van der Waals surface area contributed by atoms with Gasteiger partial charge in [0.1, 0.15) is 25.4 Å². The highest BCUT2D eigenvalue weighted by molar-refractivity contribution is 5.93. The van der Waals surface area contributed by atoms with E-state index in [1.807, 2.05) is 0 Å². The molecule has 0 N–H and O–H groups in total. The standard InChI is InChI=1S/C62H52O18/c1-70-61-52(78-59(68)45-33-19-7-20-34-45)51(77-58(67)44-31-17-6-18-32-44)49(75-56(65)42-27-13-4-14-28-42)47(74-61)38-73-62(39-72-55(64)41-25-11-3-12-26-41)53(79-60(69)46-35-21-8-22-36-46)50(76-57(66)43-29-15-5-16-30-43)48(80-62)37-71-54(63)40-23-9-2-10-24-40/h2-36,47-53,61H,37-39H2,1H3/t47-,48-,49-,50-,51+,52-,53-,61+,62+/m1/s1. The van der Waals surface area contributed by atoms with Crippen molar-refractivity contribution in [2.45, 2.75) is 54.8 Å². The summed E-state index contributed by atoms with van der Waals surface area (Å²) in [6, 6.07) is 55.0. The van der Waals surface area contributed by atoms with Gasteiger partial charge in [0.05, 0.1) is 45.6 Å². The van der Waals surface area contributed by atoms with Crippen LogP contribution in [0, 0.1) is 0 Å². The highest BCUT2D eigenvalue weighted by atomic mass is 16.8. The van der Waals surface area contributed by atoms with E-state index in [1.165, 1.54) is 92.0 Å². The van der Waals surface area contributed by atoms with Crippen molar-refractivity contribution in [2.75, 3.05) is 26.9 Å². The summed E-state index contributed by atoms with van der Waals surface area (Å²) in [5.74, 6) is -8.95. The molecule has 2 saturated heterocycles. The lowest BCUT2D eigenvalue weighted by molar-refractivity contribution is -0.323. The van der Waals surface area contributed by atoms with Crippen molar-refractivity contribution in [1.29, 1.82) is 0 Å². The Morgan fingerprint density at radius 2 is 0.688 bits per heavy atom. The van der Waals surface area contributed by atoms with Crippen LogP contribution in [0.25, 0.3) is 0 Å². The molecule has 7 aromatic carbocycles. The first-order chi connectivity index (χ1) is 39.0. The highest BCUT2D eigenvalue weighted by Gasteiger charge is 2.63. The Kier molecular flexibility index (Phi) is 18.3. The molecular weight excluding hydrogens is 1030 g/mol. The Bertz CT molecular complexity index is 3210. The first-order valence-corrected chi connectivity index (χ1v) is 25.2. The van der Waals surface area contributed by atoms with E-state index >= 15 is 0 Å². The van der Waals surface area contributed by atoms with E-state index in [2.05, 4.69) is 0 Å². The molecule has 9 atom stereocenters. The molecule has 408 valence electrons. The minimum atomic E-state index is -2.56. The van der Waals surface area contributed by atoms with E-state index in [4.69, 9.17) is 52.1 Å². The van der Waals surface area contributed by atoms with Crippen molar-refractivity contribution in [3.63, 3.8) is 0 Å². The minimum absolute atomic E-state index is 0.0281. The third kappa shape index (κ3) is 13.5. The van der Waals surface area contributed by atoms with Gasteiger partial charge in [0, 0.05) is 7.11 Å². The number of rotatable bonds is 20. The normalized spacial score (nSPS) is 22.1. The van der Waals surface area contributed by atoms with Crippen LogP contribution in [0.4, 0.5) is 0 Å². The van der Waals surface area contributed by atoms with Gasteiger partial charge in [0.15, 0.2) is 36.8 Å². The van der Waals surface area contributed by atoms with E-state index in [-0.39, 0.29) is 38.9 Å². The molecule has 0 saturated carbocycles. The number of hydrogen-bond donors (Lipinski definition) is 0. The quantitative estimate of drug-likeness (QED) is 0.0517. The van der Waals surface area contributed by atoms with Crippen molar-refractivity contribution in [3.8, 4) is 0 Å². The van der Waals surface area contributed by atoms with Gasteiger partial charge in [-0.3, -0.25) is 0 Å². The number of ether oxygens (including phenoxy) is 11. The molecule has 18 heteroatoms. The van der Waals surface area contributed by atoms with Crippen LogP contribution in [-0.4, -0.2) is 124 Å². The third-order valence-corrected chi connectivity index (χ3v) is 12.8. The first kappa shape index (κ1) is 55.4. The van der Waals surface area contributed by atoms with Crippen LogP contribution >= 0.6 is 0 Å². The van der Waals surface area contributed by atoms with Crippen LogP contribution in [-0.2, 0) is 52.1 Å². The lowest BCUT2D eigenvalue weighted by atomic mass is 9.97. The molecule has 80 heavy (non-hydrogen) atoms. The van der Waals surface area contributed by atoms with E-state index in [1.54, 1.807) is 127 Å². The van der Waals surface area contributed by atoms with Crippen LogP contribution in [0.1, 0.15) is 72.5 Å². The second-order valence-corrected chi connectivity index (χ2v) is 18.1. The lowest BCUT2D eigenvalue weighted by Gasteiger charge is -2.45. The number of esters is 7. The van der Waals surface area contributed by atoms with Crippen molar-refractivity contribution >= 4 is 41.8 Å². The van der Waals surface area contributed by atoms with E-state index in [0.29, 0.717) is 0 Å². The summed E-state index contributed by atoms with van der Waals surface area (Å²) in [6.45, 7) is -2.43. The average molecular weight is 1090 g/mol. The largest absolute Gasteiger partial charge is 0.459 e. The van der Waals surface area contributed by atoms with Crippen molar-refractivity contribution < 1.29 is 85.7 Å². The summed E-state index contributed by atoms with van der Waals surface area (Å²) in [5.41, 5.74) is 0.565. The molecule has 0 radical (unpaired) electrons. The van der Waals surface area contributed by atoms with Gasteiger partial charge in [0.2, 0.25) is 5.79 Å². The maximum absolute atomic E-state index is 14.4. The maximum Gasteiger partial charge on any atom is 0.338 e. The molecule has 18 nitrogen and oxygen atoms in total. The maximum atomic E-state index is 14.4. The second kappa shape index (κ2) is 26.3. The molecule has 0 unspecified atom stereocenters. The monoisotopic (exact) mass is 1080 g/mol. The molecule has 9 rings (SSSR count). The van der Waals surface area contributed by atoms with E-state index in [0.717, 1.165) is 0 Å². The molecular formula is C62H52O18. The lowest BCUT2D eigenvalue weighted by Crippen LogP contribution is -2.63. The smallest absolute Gasteiger partial charge is 0.338 e. The zero-order chi connectivity index (χ0) is 55.8. The van der Waals surface area contributed by atoms with Gasteiger partial charge >= 0.3 is 41.8 Å². The average Bonchev–Trinajstić information content (AvgIpc) is 3.83. The summed E-state index contributed by atoms with van der Waals surface area (Å²) >= 11 is 0. The van der Waals surface area contributed by atoms with Crippen LogP contribution in [0.3, 0.4) is 0 Å². The highest BCUT2D eigenvalue weighted by Crippen LogP contribution is 2.40. The van der Waals surface area contributed by atoms with Crippen molar-refractivity contribution in [1.82, 2.24) is 0 Å². The van der Waals surface area contributed by atoms with Crippen LogP contribution in [0.2, 0.25) is 0 Å². The predicted molar refractivity (Wildman–Crippen MR) is 281 cm³/mol. The fraction of sp³-hybridized carbons (Fsp3) is 0.210. The van der Waals surface area contributed by atoms with Gasteiger partial charge in [-0.25, -0.2) is 33.6 Å². The molecule has 2 aliphatic rings. The topological polar surface area (TPSA) is 221 Å². The van der Waals surface area contributed by atoms with Crippen LogP contribution < -0.4 is 0 Å². The summed E-state index contributed by atoms with van der Waals surface area (Å²) in [7, 11) is 1.23. The second-order valence-electron chi connectivity index (χ2n) is 18.1. The van der Waals surface area contributed by atoms with Gasteiger partial charge in [0.25, 0.3) is 0 Å². The molecule has 2 heterocycles. The van der Waals surface area contributed by atoms with Gasteiger partial charge in [-0.1, -0.05) is 127 Å². The Balaban J connectivity index is 1.16. The van der Waals surface area contributed by atoms with Crippen molar-refractivity contribution in [2.24, 2.45) is 0 Å². The number of carbonyl (C=O) groups is 7. The predicted octanol–water partition coefficient (Wildman–Crippen LogP) is 8.31. The number of methoxy groups -OCH3 is 1. The number of hydrogen-bond acceptors (Lipinski definition) is 18. The Morgan fingerprint density at radius 3 is 1.07 bits per heavy atom. The molecule has 7 aromatic rings. The van der Waals surface area contributed by atoms with Gasteiger partial charge in [-0.2, -0.15) is 0 Å². The fourth-order valence-electron chi connectivity index (χ4n) is 8.82. The SMILES string of the molecule is CO[C@H]1O[C@H](CO[C@@]2(COC(=O)c3ccccc3)O[C@H](COC(=O)c3ccccc3)[C@@H](OC(=O)c3ccccc3)[C@H]2OC(=O)c2ccccc2)[C@@H](OC(=O)c2ccccc2)[C@H](OC(=O)c2ccccc2)[C@H]1OC(=O)c1ccccc1. The van der Waals surface area contributed by atoms with Gasteiger partial charge in [-0.15, -0.1) is 0 Å². The Labute approximate surface area is 458 Å². The molecule has 0 spiro atoms. The Morgan fingerprint density at radius 1 is 0.362 bits per heavy atom. The van der Waals surface area contributed by atoms with E-state index < -0.39 is 116 Å². The summed E-state index contributed by atoms with van der Waals surface area (Å²) in [4.78, 5) is 98.7. The molecule has 0 aromatic heterocycles. The minimum Gasteiger partial charge on any atom is -0.459 e. The van der Waals surface area contributed by atoms with Gasteiger partial charge < -0.3 is 52.1 Å². The number of carbonyl (C=O) groups excluding carboxylic acids is 7. The fourth-order valence-corrected chi connectivity index (χ4v) is 8.82. The zero-order valence-corrected chi connectivity index (χ0v) is 42.8. The molecule has 0 aliphatic carbocycles. The first-order valence-electron chi connectivity index (χ1n) is 25.2. The molecule has 2 fully saturated rings. The Hall–Kier alpha value is -9.33. The molecule has 0 bridgehead atoms. The number of benzene rings is 7. The molecule has 2 aliphatic heterocycles. The van der Waals surface area contributed by atoms with Crippen LogP contribution in [0.5, 0.6) is 0 Å². The van der Waals surface area contributed by atoms with Gasteiger partial charge in [-0.05, 0) is 84.9 Å². The summed E-state index contributed by atoms with van der Waals surface area (Å²) in [6.07, 6.45) is -13.6.